The molecule has 0 saturated carbocycles. The molecule has 0 bridgehead atoms. The van der Waals surface area contributed by atoms with Crippen molar-refractivity contribution in [2.45, 2.75) is 25.2 Å². The maximum Gasteiger partial charge on any atom is 0.230 e. The van der Waals surface area contributed by atoms with Gasteiger partial charge in [0, 0.05) is 25.2 Å². The summed E-state index contributed by atoms with van der Waals surface area (Å²) in [5, 5.41) is 11.6. The topological polar surface area (TPSA) is 71.3 Å². The summed E-state index contributed by atoms with van der Waals surface area (Å²) in [4.78, 5) is 12.0. The van der Waals surface area contributed by atoms with Crippen LogP contribution in [0.4, 0.5) is 0 Å². The third-order valence-corrected chi connectivity index (χ3v) is 5.05. The Bertz CT molecular complexity index is 563. The lowest BCUT2D eigenvalue weighted by atomic mass is 9.74. The fourth-order valence-corrected chi connectivity index (χ4v) is 3.39. The second-order valence-electron chi connectivity index (χ2n) is 5.78. The van der Waals surface area contributed by atoms with E-state index in [4.69, 9.17) is 14.7 Å². The zero-order chi connectivity index (χ0) is 17.3. The maximum atomic E-state index is 12.0. The minimum absolute atomic E-state index is 0.0212. The van der Waals surface area contributed by atoms with Gasteiger partial charge in [-0.25, -0.2) is 0 Å². The van der Waals surface area contributed by atoms with Crippen LogP contribution < -0.4 is 10.1 Å². The van der Waals surface area contributed by atoms with Crippen molar-refractivity contribution < 1.29 is 14.3 Å². The number of nitrogens with one attached hydrogen (secondary N) is 1. The first-order chi connectivity index (χ1) is 11.7. The Morgan fingerprint density at radius 1 is 1.38 bits per heavy atom. The molecule has 1 heterocycles. The molecule has 1 N–H and O–H groups in total. The highest BCUT2D eigenvalue weighted by Crippen LogP contribution is 2.35. The largest absolute Gasteiger partial charge is 0.494 e. The standard InChI is InChI=1S/C18H24N2O3S/c1-2-23-16-5-3-15(4-6-16)18(7-10-22-11-8-18)14-20-17(21)13-24-12-9-19/h3-6H,2,7-8,10-14H2,1H3,(H,20,21). The van der Waals surface area contributed by atoms with Gasteiger partial charge in [0.2, 0.25) is 5.91 Å². The molecular formula is C18H24N2O3S. The zero-order valence-electron chi connectivity index (χ0n) is 14.0. The first-order valence-corrected chi connectivity index (χ1v) is 9.38. The number of thioether (sulfide) groups is 1. The third-order valence-electron chi connectivity index (χ3n) is 4.25. The van der Waals surface area contributed by atoms with Crippen LogP contribution in [-0.2, 0) is 14.9 Å². The second kappa shape index (κ2) is 9.55. The van der Waals surface area contributed by atoms with Gasteiger partial charge in [0.25, 0.3) is 0 Å². The van der Waals surface area contributed by atoms with Crippen molar-refractivity contribution in [1.82, 2.24) is 5.32 Å². The lowest BCUT2D eigenvalue weighted by Crippen LogP contribution is -2.45. The predicted octanol–water partition coefficient (Wildman–Crippen LogP) is 2.51. The first kappa shape index (κ1) is 18.6. The van der Waals surface area contributed by atoms with E-state index in [0.717, 1.165) is 18.6 Å². The van der Waals surface area contributed by atoms with Crippen LogP contribution in [0.2, 0.25) is 0 Å². The van der Waals surface area contributed by atoms with Gasteiger partial charge in [0.1, 0.15) is 5.75 Å². The summed E-state index contributed by atoms with van der Waals surface area (Å²) in [5.74, 6) is 1.50. The third kappa shape index (κ3) is 5.15. The smallest absolute Gasteiger partial charge is 0.230 e. The molecule has 5 nitrogen and oxygen atoms in total. The van der Waals surface area contributed by atoms with E-state index in [9.17, 15) is 4.79 Å². The van der Waals surface area contributed by atoms with Gasteiger partial charge in [-0.15, -0.1) is 11.8 Å². The molecule has 2 rings (SSSR count). The van der Waals surface area contributed by atoms with Gasteiger partial charge in [0.15, 0.2) is 0 Å². The highest BCUT2D eigenvalue weighted by atomic mass is 32.2. The first-order valence-electron chi connectivity index (χ1n) is 8.23. The van der Waals surface area contributed by atoms with E-state index in [0.29, 0.717) is 37.9 Å². The monoisotopic (exact) mass is 348 g/mol. The van der Waals surface area contributed by atoms with E-state index in [1.54, 1.807) is 0 Å². The number of rotatable bonds is 8. The summed E-state index contributed by atoms with van der Waals surface area (Å²) in [7, 11) is 0. The summed E-state index contributed by atoms with van der Waals surface area (Å²) < 4.78 is 11.0. The summed E-state index contributed by atoms with van der Waals surface area (Å²) in [6.07, 6.45) is 1.76. The van der Waals surface area contributed by atoms with Crippen LogP contribution in [-0.4, -0.2) is 43.8 Å². The van der Waals surface area contributed by atoms with E-state index in [2.05, 4.69) is 17.4 Å². The molecule has 1 saturated heterocycles. The summed E-state index contributed by atoms with van der Waals surface area (Å²) in [5.41, 5.74) is 1.11. The van der Waals surface area contributed by atoms with Gasteiger partial charge in [-0.2, -0.15) is 5.26 Å². The lowest BCUT2D eigenvalue weighted by molar-refractivity contribution is -0.119. The highest BCUT2D eigenvalue weighted by molar-refractivity contribution is 8.00. The Hall–Kier alpha value is -1.71. The van der Waals surface area contributed by atoms with E-state index in [-0.39, 0.29) is 11.3 Å². The van der Waals surface area contributed by atoms with Gasteiger partial charge < -0.3 is 14.8 Å². The van der Waals surface area contributed by atoms with Crippen LogP contribution in [0.15, 0.2) is 24.3 Å². The van der Waals surface area contributed by atoms with E-state index < -0.39 is 0 Å². The Labute approximate surface area is 147 Å². The van der Waals surface area contributed by atoms with Gasteiger partial charge in [-0.05, 0) is 37.5 Å². The van der Waals surface area contributed by atoms with Gasteiger partial charge in [-0.3, -0.25) is 4.79 Å². The molecule has 0 aliphatic carbocycles. The molecule has 0 spiro atoms. The molecule has 6 heteroatoms. The van der Waals surface area contributed by atoms with Crippen molar-refractivity contribution in [2.75, 3.05) is 37.9 Å². The van der Waals surface area contributed by atoms with Crippen LogP contribution >= 0.6 is 11.8 Å². The predicted molar refractivity (Wildman–Crippen MR) is 95.3 cm³/mol. The Balaban J connectivity index is 2.03. The Morgan fingerprint density at radius 3 is 2.71 bits per heavy atom. The fourth-order valence-electron chi connectivity index (χ4n) is 2.91. The summed E-state index contributed by atoms with van der Waals surface area (Å²) in [6.45, 7) is 4.61. The number of ether oxygens (including phenoxy) is 2. The van der Waals surface area contributed by atoms with Crippen molar-refractivity contribution >= 4 is 17.7 Å². The highest BCUT2D eigenvalue weighted by Gasteiger charge is 2.34. The van der Waals surface area contributed by atoms with Gasteiger partial charge >= 0.3 is 0 Å². The normalized spacial score (nSPS) is 16.2. The van der Waals surface area contributed by atoms with Crippen LogP contribution in [0.5, 0.6) is 5.75 Å². The second-order valence-corrected chi connectivity index (χ2v) is 6.76. The van der Waals surface area contributed by atoms with Crippen molar-refractivity contribution in [2.24, 2.45) is 0 Å². The summed E-state index contributed by atoms with van der Waals surface area (Å²) >= 11 is 1.34. The minimum atomic E-state index is -0.0987. The summed E-state index contributed by atoms with van der Waals surface area (Å²) in [6, 6.07) is 10.2. The molecule has 1 aromatic carbocycles. The Kier molecular flexibility index (Phi) is 7.41. The Morgan fingerprint density at radius 2 is 2.08 bits per heavy atom. The number of amides is 1. The number of benzene rings is 1. The SMILES string of the molecule is CCOc1ccc(C2(CNC(=O)CSCC#N)CCOCC2)cc1. The molecule has 1 fully saturated rings. The lowest BCUT2D eigenvalue weighted by Gasteiger charge is -2.38. The van der Waals surface area contributed by atoms with Crippen molar-refractivity contribution in [3.05, 3.63) is 29.8 Å². The maximum absolute atomic E-state index is 12.0. The molecule has 1 amide bonds. The zero-order valence-corrected chi connectivity index (χ0v) is 14.9. The van der Waals surface area contributed by atoms with Gasteiger partial charge in [-0.1, -0.05) is 12.1 Å². The number of nitriles is 1. The number of hydrogen-bond donors (Lipinski definition) is 1. The molecule has 1 aliphatic rings. The van der Waals surface area contributed by atoms with Crippen LogP contribution in [0.1, 0.15) is 25.3 Å². The molecule has 24 heavy (non-hydrogen) atoms. The fraction of sp³-hybridized carbons (Fsp3) is 0.556. The molecule has 0 atom stereocenters. The average molecular weight is 348 g/mol. The van der Waals surface area contributed by atoms with Crippen LogP contribution in [0.3, 0.4) is 0 Å². The van der Waals surface area contributed by atoms with Crippen molar-refractivity contribution in [3.63, 3.8) is 0 Å². The molecule has 130 valence electrons. The van der Waals surface area contributed by atoms with Crippen LogP contribution in [0.25, 0.3) is 0 Å². The number of carbonyl (C=O) groups is 1. The molecule has 1 aromatic rings. The molecule has 0 unspecified atom stereocenters. The minimum Gasteiger partial charge on any atom is -0.494 e. The molecule has 1 aliphatic heterocycles. The van der Waals surface area contributed by atoms with Crippen molar-refractivity contribution in [1.29, 1.82) is 5.26 Å². The molecular weight excluding hydrogens is 324 g/mol. The van der Waals surface area contributed by atoms with Crippen LogP contribution in [0, 0.1) is 11.3 Å². The van der Waals surface area contributed by atoms with Gasteiger partial charge in [0.05, 0.1) is 24.2 Å². The van der Waals surface area contributed by atoms with E-state index in [1.807, 2.05) is 25.1 Å². The molecule has 0 radical (unpaired) electrons. The molecule has 0 aromatic heterocycles. The number of hydrogen-bond acceptors (Lipinski definition) is 5. The van der Waals surface area contributed by atoms with Crippen molar-refractivity contribution in [3.8, 4) is 11.8 Å². The quantitative estimate of drug-likeness (QED) is 0.731. The number of nitrogens with zero attached hydrogens (tertiary/aromatic N) is 1. The van der Waals surface area contributed by atoms with E-state index in [1.165, 1.54) is 17.3 Å². The average Bonchev–Trinajstić information content (AvgIpc) is 2.62. The van der Waals surface area contributed by atoms with E-state index >= 15 is 0 Å². The number of carbonyl (C=O) groups excluding carboxylic acids is 1.